The second kappa shape index (κ2) is 5.92. The van der Waals surface area contributed by atoms with Gasteiger partial charge in [-0.1, -0.05) is 26.0 Å². The fraction of sp³-hybridized carbons (Fsp3) is 0.650. The number of nitrogens with zero attached hydrogens (tertiary/aromatic N) is 3. The third kappa shape index (κ3) is 2.27. The molecule has 4 atom stereocenters. The maximum Gasteiger partial charge on any atom is 0.230 e. The second-order valence-corrected chi connectivity index (χ2v) is 8.22. The van der Waals surface area contributed by atoms with Gasteiger partial charge in [-0.2, -0.15) is 5.10 Å². The highest BCUT2D eigenvalue weighted by Crippen LogP contribution is 2.53. The van der Waals surface area contributed by atoms with Gasteiger partial charge in [0.2, 0.25) is 11.8 Å². The number of ether oxygens (including phenoxy) is 1. The number of likely N-dealkylation sites (tertiary alicyclic amines) is 1. The molecule has 0 saturated carbocycles. The van der Waals surface area contributed by atoms with Crippen molar-refractivity contribution in [3.8, 4) is 0 Å². The van der Waals surface area contributed by atoms with E-state index in [0.717, 1.165) is 30.5 Å². The fourth-order valence-electron chi connectivity index (χ4n) is 5.47. The molecule has 1 N–H and O–H groups in total. The van der Waals surface area contributed by atoms with E-state index < -0.39 is 11.5 Å². The third-order valence-electron chi connectivity index (χ3n) is 6.91. The minimum Gasteiger partial charge on any atom is -0.360 e. The standard InChI is InChI=1S/C20H26N4O3/c1-3-13(4-2)24-11-20-7-5-15(27-20)16(17(20)19(24)26)18(25)23-8-6-14-12(10-23)9-21-22-14/h5,7,9,13,15-17H,3-4,6,8,10-11H2,1-2H3,(H,21,22)/t15-,16+,17+,20-/m0/s1. The quantitative estimate of drug-likeness (QED) is 0.810. The lowest BCUT2D eigenvalue weighted by molar-refractivity contribution is -0.144. The Balaban J connectivity index is 1.42. The van der Waals surface area contributed by atoms with Gasteiger partial charge in [-0.05, 0) is 12.8 Å². The molecule has 2 bridgehead atoms. The van der Waals surface area contributed by atoms with Gasteiger partial charge in [0, 0.05) is 36.8 Å². The van der Waals surface area contributed by atoms with Gasteiger partial charge in [0.25, 0.3) is 0 Å². The first-order chi connectivity index (χ1) is 13.1. The van der Waals surface area contributed by atoms with E-state index in [1.165, 1.54) is 0 Å². The number of aromatic nitrogens is 2. The third-order valence-corrected chi connectivity index (χ3v) is 6.91. The number of hydrogen-bond donors (Lipinski definition) is 1. The lowest BCUT2D eigenvalue weighted by Crippen LogP contribution is -2.47. The smallest absolute Gasteiger partial charge is 0.230 e. The van der Waals surface area contributed by atoms with Crippen LogP contribution in [0.2, 0.25) is 0 Å². The molecule has 27 heavy (non-hydrogen) atoms. The van der Waals surface area contributed by atoms with E-state index in [0.29, 0.717) is 19.6 Å². The molecular weight excluding hydrogens is 344 g/mol. The maximum absolute atomic E-state index is 13.4. The van der Waals surface area contributed by atoms with Gasteiger partial charge in [-0.15, -0.1) is 0 Å². The molecular formula is C20H26N4O3. The Morgan fingerprint density at radius 2 is 2.26 bits per heavy atom. The molecule has 7 nitrogen and oxygen atoms in total. The van der Waals surface area contributed by atoms with Gasteiger partial charge in [-0.25, -0.2) is 0 Å². The van der Waals surface area contributed by atoms with Gasteiger partial charge in [0.15, 0.2) is 0 Å². The molecule has 0 aliphatic carbocycles. The lowest BCUT2D eigenvalue weighted by Gasteiger charge is -2.32. The molecule has 2 amide bonds. The number of aromatic amines is 1. The summed E-state index contributed by atoms with van der Waals surface area (Å²) in [7, 11) is 0. The number of nitrogens with one attached hydrogen (secondary N) is 1. The van der Waals surface area contributed by atoms with Crippen LogP contribution in [-0.4, -0.2) is 62.6 Å². The first-order valence-electron chi connectivity index (χ1n) is 10.1. The summed E-state index contributed by atoms with van der Waals surface area (Å²) in [6, 6.07) is 0.216. The Labute approximate surface area is 158 Å². The van der Waals surface area contributed by atoms with Crippen LogP contribution in [0.15, 0.2) is 18.3 Å². The first kappa shape index (κ1) is 17.0. The predicted octanol–water partition coefficient (Wildman–Crippen LogP) is 1.26. The summed E-state index contributed by atoms with van der Waals surface area (Å²) in [5.41, 5.74) is 1.57. The molecule has 4 aliphatic rings. The van der Waals surface area contributed by atoms with Crippen molar-refractivity contribution in [2.24, 2.45) is 11.8 Å². The molecule has 7 heteroatoms. The molecule has 0 aromatic carbocycles. The van der Waals surface area contributed by atoms with E-state index in [4.69, 9.17) is 4.74 Å². The van der Waals surface area contributed by atoms with Crippen molar-refractivity contribution in [2.75, 3.05) is 13.1 Å². The van der Waals surface area contributed by atoms with Crippen LogP contribution in [0, 0.1) is 11.8 Å². The van der Waals surface area contributed by atoms with Crippen LogP contribution >= 0.6 is 0 Å². The average Bonchev–Trinajstić information content (AvgIpc) is 3.43. The summed E-state index contributed by atoms with van der Waals surface area (Å²) in [6.45, 7) is 6.01. The van der Waals surface area contributed by atoms with Crippen LogP contribution in [0.5, 0.6) is 0 Å². The molecule has 2 fully saturated rings. The number of carbonyl (C=O) groups excluding carboxylic acids is 2. The second-order valence-electron chi connectivity index (χ2n) is 8.22. The highest BCUT2D eigenvalue weighted by molar-refractivity contribution is 5.93. The Kier molecular flexibility index (Phi) is 3.73. The summed E-state index contributed by atoms with van der Waals surface area (Å²) in [6.07, 6.45) is 8.17. The van der Waals surface area contributed by atoms with Crippen molar-refractivity contribution in [1.82, 2.24) is 20.0 Å². The fourth-order valence-corrected chi connectivity index (χ4v) is 5.47. The minimum atomic E-state index is -0.610. The van der Waals surface area contributed by atoms with Gasteiger partial charge >= 0.3 is 0 Å². The summed E-state index contributed by atoms with van der Waals surface area (Å²) in [4.78, 5) is 30.6. The number of H-pyrrole nitrogens is 1. The lowest BCUT2D eigenvalue weighted by atomic mass is 9.76. The average molecular weight is 370 g/mol. The van der Waals surface area contributed by atoms with Gasteiger partial charge in [0.1, 0.15) is 5.60 Å². The largest absolute Gasteiger partial charge is 0.360 e. The van der Waals surface area contributed by atoms with Gasteiger partial charge in [-0.3, -0.25) is 14.7 Å². The first-order valence-corrected chi connectivity index (χ1v) is 10.1. The molecule has 0 unspecified atom stereocenters. The molecule has 1 aromatic heterocycles. The van der Waals surface area contributed by atoms with E-state index in [-0.39, 0.29) is 29.9 Å². The number of fused-ring (bicyclic) bond motifs is 2. The van der Waals surface area contributed by atoms with Crippen LogP contribution in [0.25, 0.3) is 0 Å². The van der Waals surface area contributed by atoms with Crippen molar-refractivity contribution in [3.63, 3.8) is 0 Å². The van der Waals surface area contributed by atoms with Crippen molar-refractivity contribution in [3.05, 3.63) is 29.6 Å². The summed E-state index contributed by atoms with van der Waals surface area (Å²) in [5, 5.41) is 7.09. The molecule has 144 valence electrons. The van der Waals surface area contributed by atoms with Crippen LogP contribution in [0.1, 0.15) is 37.9 Å². The zero-order chi connectivity index (χ0) is 18.8. The molecule has 1 spiro atoms. The van der Waals surface area contributed by atoms with Crippen molar-refractivity contribution in [1.29, 1.82) is 0 Å². The maximum atomic E-state index is 13.4. The summed E-state index contributed by atoms with van der Waals surface area (Å²) >= 11 is 0. The Bertz CT molecular complexity index is 814. The van der Waals surface area contributed by atoms with E-state index >= 15 is 0 Å². The predicted molar refractivity (Wildman–Crippen MR) is 97.5 cm³/mol. The highest BCUT2D eigenvalue weighted by Gasteiger charge is 2.67. The molecule has 0 radical (unpaired) electrons. The minimum absolute atomic E-state index is 0.0443. The van der Waals surface area contributed by atoms with Crippen LogP contribution < -0.4 is 0 Å². The molecule has 5 heterocycles. The normalized spacial score (nSPS) is 33.9. The Hall–Kier alpha value is -2.15. The van der Waals surface area contributed by atoms with Crippen LogP contribution in [0.3, 0.4) is 0 Å². The topological polar surface area (TPSA) is 78.5 Å². The van der Waals surface area contributed by atoms with Crippen molar-refractivity contribution in [2.45, 2.75) is 57.4 Å². The van der Waals surface area contributed by atoms with E-state index in [1.54, 1.807) is 6.20 Å². The highest BCUT2D eigenvalue weighted by atomic mass is 16.5. The monoisotopic (exact) mass is 370 g/mol. The Morgan fingerprint density at radius 3 is 3.04 bits per heavy atom. The number of hydrogen-bond acceptors (Lipinski definition) is 4. The van der Waals surface area contributed by atoms with E-state index in [2.05, 4.69) is 24.0 Å². The van der Waals surface area contributed by atoms with E-state index in [1.807, 2.05) is 22.0 Å². The van der Waals surface area contributed by atoms with Crippen molar-refractivity contribution >= 4 is 11.8 Å². The molecule has 5 rings (SSSR count). The molecule has 2 saturated heterocycles. The molecule has 1 aromatic rings. The molecule has 4 aliphatic heterocycles. The van der Waals surface area contributed by atoms with Crippen LogP contribution in [-0.2, 0) is 27.3 Å². The SMILES string of the molecule is CCC(CC)N1C[C@]23C=C[C@H](O2)[C@@H](C(=O)N2CCc4[nH]ncc4C2)[C@@H]3C1=O. The summed E-state index contributed by atoms with van der Waals surface area (Å²) in [5.74, 6) is -0.653. The van der Waals surface area contributed by atoms with Gasteiger partial charge < -0.3 is 14.5 Å². The van der Waals surface area contributed by atoms with E-state index in [9.17, 15) is 9.59 Å². The zero-order valence-electron chi connectivity index (χ0n) is 15.9. The van der Waals surface area contributed by atoms with Crippen LogP contribution in [0.4, 0.5) is 0 Å². The zero-order valence-corrected chi connectivity index (χ0v) is 15.9. The summed E-state index contributed by atoms with van der Waals surface area (Å²) < 4.78 is 6.26. The number of amides is 2. The number of rotatable bonds is 4. The van der Waals surface area contributed by atoms with Crippen molar-refractivity contribution < 1.29 is 14.3 Å². The van der Waals surface area contributed by atoms with Gasteiger partial charge in [0.05, 0.1) is 30.7 Å². The Morgan fingerprint density at radius 1 is 1.44 bits per heavy atom. The number of carbonyl (C=O) groups is 2.